The van der Waals surface area contributed by atoms with Gasteiger partial charge in [-0.1, -0.05) is 0 Å². The van der Waals surface area contributed by atoms with Gasteiger partial charge in [0.15, 0.2) is 5.65 Å². The summed E-state index contributed by atoms with van der Waals surface area (Å²) in [5, 5.41) is 4.58. The van der Waals surface area contributed by atoms with Crippen LogP contribution in [0.3, 0.4) is 0 Å². The Balaban J connectivity index is 1.64. The Hall–Kier alpha value is -2.52. The molecule has 1 saturated heterocycles. The summed E-state index contributed by atoms with van der Waals surface area (Å²) in [6.07, 6.45) is 4.92. The molecule has 1 aromatic carbocycles. The number of aromatic nitrogens is 4. The molecule has 0 unspecified atom stereocenters. The molecule has 8 nitrogen and oxygen atoms in total. The molecule has 4 rings (SSSR count). The lowest BCUT2D eigenvalue weighted by atomic mass is 9.96. The molecule has 142 valence electrons. The van der Waals surface area contributed by atoms with Gasteiger partial charge >= 0.3 is 0 Å². The van der Waals surface area contributed by atoms with Crippen molar-refractivity contribution in [2.24, 2.45) is 7.05 Å². The van der Waals surface area contributed by atoms with E-state index >= 15 is 0 Å². The van der Waals surface area contributed by atoms with Gasteiger partial charge in [0.1, 0.15) is 11.3 Å². The van der Waals surface area contributed by atoms with Crippen molar-refractivity contribution in [1.29, 1.82) is 0 Å². The minimum absolute atomic E-state index is 0.00725. The first-order valence-electron chi connectivity index (χ1n) is 8.78. The Labute approximate surface area is 157 Å². The minimum atomic E-state index is -3.57. The van der Waals surface area contributed by atoms with Crippen LogP contribution in [0.4, 0.5) is 0 Å². The van der Waals surface area contributed by atoms with Gasteiger partial charge in [0, 0.05) is 38.4 Å². The van der Waals surface area contributed by atoms with E-state index in [0.29, 0.717) is 24.5 Å². The third-order valence-electron chi connectivity index (χ3n) is 4.95. The van der Waals surface area contributed by atoms with Crippen molar-refractivity contribution < 1.29 is 13.2 Å². The molecule has 3 heterocycles. The van der Waals surface area contributed by atoms with Gasteiger partial charge in [-0.05, 0) is 37.1 Å². The lowest BCUT2D eigenvalue weighted by molar-refractivity contribution is 0.312. The Morgan fingerprint density at radius 3 is 2.63 bits per heavy atom. The second-order valence-electron chi connectivity index (χ2n) is 6.62. The molecular formula is C18H21N5O3S. The van der Waals surface area contributed by atoms with E-state index < -0.39 is 10.0 Å². The van der Waals surface area contributed by atoms with Crippen LogP contribution in [-0.2, 0) is 17.1 Å². The van der Waals surface area contributed by atoms with Gasteiger partial charge < -0.3 is 4.74 Å². The highest BCUT2D eigenvalue weighted by molar-refractivity contribution is 7.89. The van der Waals surface area contributed by atoms with Crippen molar-refractivity contribution in [2.45, 2.75) is 23.7 Å². The van der Waals surface area contributed by atoms with Crippen LogP contribution in [0.5, 0.6) is 5.75 Å². The Morgan fingerprint density at radius 2 is 1.89 bits per heavy atom. The molecule has 1 fully saturated rings. The lowest BCUT2D eigenvalue weighted by Crippen LogP contribution is -2.39. The number of sulfonamides is 1. The van der Waals surface area contributed by atoms with Crippen LogP contribution in [-0.4, -0.2) is 52.7 Å². The van der Waals surface area contributed by atoms with Crippen LogP contribution in [0.2, 0.25) is 0 Å². The van der Waals surface area contributed by atoms with Crippen molar-refractivity contribution in [3.63, 3.8) is 0 Å². The van der Waals surface area contributed by atoms with Gasteiger partial charge in [0.25, 0.3) is 0 Å². The van der Waals surface area contributed by atoms with E-state index in [0.717, 1.165) is 24.1 Å². The maximum absolute atomic E-state index is 13.1. The predicted molar refractivity (Wildman–Crippen MR) is 100 cm³/mol. The summed E-state index contributed by atoms with van der Waals surface area (Å²) in [7, 11) is -0.184. The number of hydrogen-bond donors (Lipinski definition) is 0. The van der Waals surface area contributed by atoms with Gasteiger partial charge in [-0.3, -0.25) is 0 Å². The molecule has 0 N–H and O–H groups in total. The van der Waals surface area contributed by atoms with Gasteiger partial charge in [0.05, 0.1) is 17.7 Å². The standard InChI is InChI=1S/C18H21N5O3S/c1-22-18-17(19-9-10-20-18)16(21-22)13-4-3-11-23(12-13)27(24,25)15-7-5-14(26-2)6-8-15/h5-10,13H,3-4,11-12H2,1-2H3/t13-/m0/s1. The summed E-state index contributed by atoms with van der Waals surface area (Å²) in [5.74, 6) is 0.621. The minimum Gasteiger partial charge on any atom is -0.497 e. The molecule has 0 saturated carbocycles. The number of hydrogen-bond acceptors (Lipinski definition) is 6. The molecule has 0 aliphatic carbocycles. The van der Waals surface area contributed by atoms with Crippen LogP contribution in [0.1, 0.15) is 24.5 Å². The van der Waals surface area contributed by atoms with E-state index in [2.05, 4.69) is 15.1 Å². The van der Waals surface area contributed by atoms with Crippen LogP contribution in [0, 0.1) is 0 Å². The third-order valence-corrected chi connectivity index (χ3v) is 6.83. The summed E-state index contributed by atoms with van der Waals surface area (Å²) in [6.45, 7) is 0.887. The summed E-state index contributed by atoms with van der Waals surface area (Å²) in [6, 6.07) is 6.49. The number of piperidine rings is 1. The highest BCUT2D eigenvalue weighted by Crippen LogP contribution is 2.32. The van der Waals surface area contributed by atoms with Crippen molar-refractivity contribution in [1.82, 2.24) is 24.1 Å². The van der Waals surface area contributed by atoms with Gasteiger partial charge in [-0.2, -0.15) is 9.40 Å². The van der Waals surface area contributed by atoms with E-state index in [4.69, 9.17) is 4.74 Å². The van der Waals surface area contributed by atoms with Crippen molar-refractivity contribution in [3.8, 4) is 5.75 Å². The zero-order valence-electron chi connectivity index (χ0n) is 15.2. The number of nitrogens with zero attached hydrogens (tertiary/aromatic N) is 5. The smallest absolute Gasteiger partial charge is 0.243 e. The molecule has 3 aromatic rings. The van der Waals surface area contributed by atoms with Crippen LogP contribution < -0.4 is 4.74 Å². The van der Waals surface area contributed by atoms with E-state index in [9.17, 15) is 8.42 Å². The summed E-state index contributed by atoms with van der Waals surface area (Å²) in [5.41, 5.74) is 2.27. The molecule has 0 radical (unpaired) electrons. The van der Waals surface area contributed by atoms with E-state index in [1.54, 1.807) is 52.8 Å². The molecule has 1 atom stereocenters. The number of benzene rings is 1. The normalized spacial score (nSPS) is 18.7. The number of methoxy groups -OCH3 is 1. The topological polar surface area (TPSA) is 90.2 Å². The number of ether oxygens (including phenoxy) is 1. The first kappa shape index (κ1) is 17.9. The molecule has 2 aromatic heterocycles. The molecule has 0 amide bonds. The monoisotopic (exact) mass is 387 g/mol. The number of aryl methyl sites for hydroxylation is 1. The maximum Gasteiger partial charge on any atom is 0.243 e. The summed E-state index contributed by atoms with van der Waals surface area (Å²) in [4.78, 5) is 9.01. The SMILES string of the molecule is COc1ccc(S(=O)(=O)N2CCC[C@H](c3nn(C)c4nccnc34)C2)cc1. The second-order valence-corrected chi connectivity index (χ2v) is 8.55. The van der Waals surface area contributed by atoms with Crippen LogP contribution in [0.25, 0.3) is 11.2 Å². The average molecular weight is 387 g/mol. The zero-order valence-corrected chi connectivity index (χ0v) is 16.1. The lowest BCUT2D eigenvalue weighted by Gasteiger charge is -2.31. The van der Waals surface area contributed by atoms with Crippen molar-refractivity contribution in [2.75, 3.05) is 20.2 Å². The van der Waals surface area contributed by atoms with E-state index in [-0.39, 0.29) is 10.8 Å². The van der Waals surface area contributed by atoms with E-state index in [1.165, 1.54) is 0 Å². The summed E-state index contributed by atoms with van der Waals surface area (Å²) < 4.78 is 34.5. The van der Waals surface area contributed by atoms with Gasteiger partial charge in [-0.25, -0.2) is 23.1 Å². The maximum atomic E-state index is 13.1. The highest BCUT2D eigenvalue weighted by Gasteiger charge is 2.33. The fourth-order valence-electron chi connectivity index (χ4n) is 3.56. The Morgan fingerprint density at radius 1 is 1.15 bits per heavy atom. The molecule has 1 aliphatic rings. The molecule has 27 heavy (non-hydrogen) atoms. The Kier molecular flexibility index (Phi) is 4.56. The average Bonchev–Trinajstić information content (AvgIpc) is 3.05. The first-order chi connectivity index (χ1) is 13.0. The van der Waals surface area contributed by atoms with Crippen LogP contribution >= 0.6 is 0 Å². The molecule has 0 spiro atoms. The quantitative estimate of drug-likeness (QED) is 0.680. The largest absolute Gasteiger partial charge is 0.497 e. The highest BCUT2D eigenvalue weighted by atomic mass is 32.2. The van der Waals surface area contributed by atoms with E-state index in [1.807, 2.05) is 7.05 Å². The fourth-order valence-corrected chi connectivity index (χ4v) is 5.08. The molecular weight excluding hydrogens is 366 g/mol. The zero-order chi connectivity index (χ0) is 19.0. The summed E-state index contributed by atoms with van der Waals surface area (Å²) >= 11 is 0. The van der Waals surface area contributed by atoms with Crippen LogP contribution in [0.15, 0.2) is 41.6 Å². The Bertz CT molecular complexity index is 1060. The molecule has 1 aliphatic heterocycles. The number of rotatable bonds is 4. The van der Waals surface area contributed by atoms with Crippen molar-refractivity contribution in [3.05, 3.63) is 42.4 Å². The predicted octanol–water partition coefficient (Wildman–Crippen LogP) is 1.94. The second kappa shape index (κ2) is 6.90. The van der Waals surface area contributed by atoms with Gasteiger partial charge in [0.2, 0.25) is 10.0 Å². The third kappa shape index (κ3) is 3.17. The van der Waals surface area contributed by atoms with Crippen molar-refractivity contribution >= 4 is 21.2 Å². The first-order valence-corrected chi connectivity index (χ1v) is 10.2. The number of fused-ring (bicyclic) bond motifs is 1. The fraction of sp³-hybridized carbons (Fsp3) is 0.389. The van der Waals surface area contributed by atoms with Gasteiger partial charge in [-0.15, -0.1) is 0 Å². The molecule has 9 heteroatoms. The molecule has 0 bridgehead atoms.